The minimum Gasteiger partial charge on any atom is -0.341 e. The summed E-state index contributed by atoms with van der Waals surface area (Å²) in [6.07, 6.45) is 3.04. The second-order valence-corrected chi connectivity index (χ2v) is 7.76. The Morgan fingerprint density at radius 3 is 3.04 bits per heavy atom. The smallest absolute Gasteiger partial charge is 0.236 e. The standard InChI is InChI=1S/C18H21N3OS/c1-12-9-15(20-19-12)14-6-4-8-21(11-14)18(22)17-10-13-5-2-3-7-16(13)23-17/h2-3,5,7,9,14,17H,4,6,8,10-11H2,1H3,(H,19,20)/t14-,17+/m0/s1. The van der Waals surface area contributed by atoms with Crippen LogP contribution in [0.1, 0.15) is 35.7 Å². The van der Waals surface area contributed by atoms with Crippen molar-refractivity contribution in [2.45, 2.75) is 42.2 Å². The van der Waals surface area contributed by atoms with E-state index in [1.807, 2.05) is 6.92 Å². The lowest BCUT2D eigenvalue weighted by Crippen LogP contribution is -2.43. The summed E-state index contributed by atoms with van der Waals surface area (Å²) < 4.78 is 0. The molecule has 4 nitrogen and oxygen atoms in total. The summed E-state index contributed by atoms with van der Waals surface area (Å²) in [5.74, 6) is 0.662. The Morgan fingerprint density at radius 1 is 1.39 bits per heavy atom. The number of benzene rings is 1. The van der Waals surface area contributed by atoms with E-state index in [1.165, 1.54) is 10.5 Å². The summed E-state index contributed by atoms with van der Waals surface area (Å²) in [5, 5.41) is 7.46. The van der Waals surface area contributed by atoms with E-state index in [0.717, 1.165) is 43.7 Å². The molecule has 1 aromatic heterocycles. The highest BCUT2D eigenvalue weighted by atomic mass is 32.2. The zero-order valence-electron chi connectivity index (χ0n) is 13.3. The highest BCUT2D eigenvalue weighted by molar-refractivity contribution is 8.01. The summed E-state index contributed by atoms with van der Waals surface area (Å²) in [5.41, 5.74) is 3.50. The molecule has 0 saturated carbocycles. The predicted octanol–water partition coefficient (Wildman–Crippen LogP) is 3.14. The number of nitrogens with one attached hydrogen (secondary N) is 1. The van der Waals surface area contributed by atoms with Crippen LogP contribution >= 0.6 is 11.8 Å². The average molecular weight is 327 g/mol. The topological polar surface area (TPSA) is 49.0 Å². The Hall–Kier alpha value is -1.75. The van der Waals surface area contributed by atoms with Crippen LogP contribution in [0.25, 0.3) is 0 Å². The fourth-order valence-corrected chi connectivity index (χ4v) is 4.87. The van der Waals surface area contributed by atoms with Crippen molar-refractivity contribution in [1.29, 1.82) is 0 Å². The Kier molecular flexibility index (Phi) is 3.89. The Bertz CT molecular complexity index is 702. The molecule has 0 aliphatic carbocycles. The van der Waals surface area contributed by atoms with Gasteiger partial charge in [-0.1, -0.05) is 18.2 Å². The molecule has 4 rings (SSSR count). The molecular formula is C18H21N3OS. The van der Waals surface area contributed by atoms with E-state index in [-0.39, 0.29) is 5.25 Å². The van der Waals surface area contributed by atoms with E-state index in [2.05, 4.69) is 45.4 Å². The zero-order valence-corrected chi connectivity index (χ0v) is 14.1. The maximum Gasteiger partial charge on any atom is 0.236 e. The second kappa shape index (κ2) is 6.04. The van der Waals surface area contributed by atoms with Crippen LogP contribution < -0.4 is 0 Å². The molecule has 5 heteroatoms. The Morgan fingerprint density at radius 2 is 2.26 bits per heavy atom. The monoisotopic (exact) mass is 327 g/mol. The van der Waals surface area contributed by atoms with Crippen LogP contribution in [0.3, 0.4) is 0 Å². The molecule has 1 fully saturated rings. The van der Waals surface area contributed by atoms with Gasteiger partial charge in [-0.15, -0.1) is 11.8 Å². The number of hydrogen-bond donors (Lipinski definition) is 1. The molecule has 0 unspecified atom stereocenters. The number of aryl methyl sites for hydroxylation is 1. The highest BCUT2D eigenvalue weighted by Crippen LogP contribution is 2.38. The van der Waals surface area contributed by atoms with Crippen molar-refractivity contribution in [3.8, 4) is 0 Å². The first-order valence-electron chi connectivity index (χ1n) is 8.26. The number of fused-ring (bicyclic) bond motifs is 1. The fraction of sp³-hybridized carbons (Fsp3) is 0.444. The SMILES string of the molecule is Cc1cc([C@H]2CCCN(C(=O)[C@H]3Cc4ccccc4S3)C2)n[nH]1. The van der Waals surface area contributed by atoms with E-state index in [0.29, 0.717) is 11.8 Å². The number of likely N-dealkylation sites (tertiary alicyclic amines) is 1. The molecule has 2 aromatic rings. The molecule has 1 N–H and O–H groups in total. The first-order chi connectivity index (χ1) is 11.2. The lowest BCUT2D eigenvalue weighted by Gasteiger charge is -2.33. The summed E-state index contributed by atoms with van der Waals surface area (Å²) in [4.78, 5) is 16.3. The van der Waals surface area contributed by atoms with Crippen molar-refractivity contribution < 1.29 is 4.79 Å². The number of thioether (sulfide) groups is 1. The minimum absolute atomic E-state index is 0.0482. The minimum atomic E-state index is 0.0482. The van der Waals surface area contributed by atoms with Crippen molar-refractivity contribution in [1.82, 2.24) is 15.1 Å². The third-order valence-electron chi connectivity index (χ3n) is 4.80. The summed E-state index contributed by atoms with van der Waals surface area (Å²) in [6.45, 7) is 3.71. The molecule has 1 saturated heterocycles. The van der Waals surface area contributed by atoms with E-state index in [1.54, 1.807) is 11.8 Å². The van der Waals surface area contributed by atoms with Gasteiger partial charge >= 0.3 is 0 Å². The van der Waals surface area contributed by atoms with Crippen LogP contribution in [-0.4, -0.2) is 39.3 Å². The normalized spacial score (nSPS) is 23.8. The number of carbonyl (C=O) groups is 1. The highest BCUT2D eigenvalue weighted by Gasteiger charge is 2.34. The molecule has 2 atom stereocenters. The largest absolute Gasteiger partial charge is 0.341 e. The van der Waals surface area contributed by atoms with Gasteiger partial charge in [0.2, 0.25) is 5.91 Å². The van der Waals surface area contributed by atoms with E-state index < -0.39 is 0 Å². The summed E-state index contributed by atoms with van der Waals surface area (Å²) in [7, 11) is 0. The van der Waals surface area contributed by atoms with Crippen LogP contribution in [0.2, 0.25) is 0 Å². The van der Waals surface area contributed by atoms with Crippen molar-refractivity contribution in [3.05, 3.63) is 47.3 Å². The van der Waals surface area contributed by atoms with Crippen molar-refractivity contribution in [3.63, 3.8) is 0 Å². The summed E-state index contributed by atoms with van der Waals surface area (Å²) >= 11 is 1.73. The number of nitrogens with zero attached hydrogens (tertiary/aromatic N) is 2. The van der Waals surface area contributed by atoms with Gasteiger partial charge in [0.15, 0.2) is 0 Å². The molecule has 1 aromatic carbocycles. The van der Waals surface area contributed by atoms with E-state index >= 15 is 0 Å². The van der Waals surface area contributed by atoms with Crippen molar-refractivity contribution in [2.75, 3.05) is 13.1 Å². The number of aromatic nitrogens is 2. The van der Waals surface area contributed by atoms with Gasteiger partial charge in [0.25, 0.3) is 0 Å². The van der Waals surface area contributed by atoms with Gasteiger partial charge in [0, 0.05) is 29.6 Å². The number of hydrogen-bond acceptors (Lipinski definition) is 3. The van der Waals surface area contributed by atoms with E-state index in [9.17, 15) is 4.79 Å². The average Bonchev–Trinajstić information content (AvgIpc) is 3.20. The molecule has 3 heterocycles. The quantitative estimate of drug-likeness (QED) is 0.922. The van der Waals surface area contributed by atoms with Crippen LogP contribution in [0, 0.1) is 6.92 Å². The zero-order chi connectivity index (χ0) is 15.8. The maximum absolute atomic E-state index is 12.9. The molecule has 2 aliphatic heterocycles. The first-order valence-corrected chi connectivity index (χ1v) is 9.14. The van der Waals surface area contributed by atoms with Gasteiger partial charge in [-0.2, -0.15) is 5.10 Å². The number of carbonyl (C=O) groups excluding carboxylic acids is 1. The molecule has 2 aliphatic rings. The van der Waals surface area contributed by atoms with Crippen molar-refractivity contribution in [2.24, 2.45) is 0 Å². The second-order valence-electron chi connectivity index (χ2n) is 6.52. The third kappa shape index (κ3) is 2.90. The Labute approximate surface area is 140 Å². The third-order valence-corrected chi connectivity index (χ3v) is 6.10. The molecular weight excluding hydrogens is 306 g/mol. The number of aromatic amines is 1. The molecule has 120 valence electrons. The van der Waals surface area contributed by atoms with Crippen LogP contribution in [-0.2, 0) is 11.2 Å². The van der Waals surface area contributed by atoms with Gasteiger partial charge in [0.05, 0.1) is 10.9 Å². The lowest BCUT2D eigenvalue weighted by atomic mass is 9.94. The number of rotatable bonds is 2. The first kappa shape index (κ1) is 14.8. The number of piperidine rings is 1. The van der Waals surface area contributed by atoms with Crippen LogP contribution in [0.4, 0.5) is 0 Å². The van der Waals surface area contributed by atoms with Gasteiger partial charge in [-0.25, -0.2) is 0 Å². The van der Waals surface area contributed by atoms with E-state index in [4.69, 9.17) is 0 Å². The summed E-state index contributed by atoms with van der Waals surface area (Å²) in [6, 6.07) is 10.5. The number of H-pyrrole nitrogens is 1. The molecule has 23 heavy (non-hydrogen) atoms. The molecule has 0 radical (unpaired) electrons. The molecule has 1 amide bonds. The molecule has 0 bridgehead atoms. The number of amides is 1. The fourth-order valence-electron chi connectivity index (χ4n) is 3.59. The molecule has 0 spiro atoms. The van der Waals surface area contributed by atoms with Gasteiger partial charge in [0.1, 0.15) is 0 Å². The predicted molar refractivity (Wildman–Crippen MR) is 91.7 cm³/mol. The van der Waals surface area contributed by atoms with Crippen LogP contribution in [0.5, 0.6) is 0 Å². The Balaban J connectivity index is 1.45. The van der Waals surface area contributed by atoms with Gasteiger partial charge in [-0.05, 0) is 43.9 Å². The lowest BCUT2D eigenvalue weighted by molar-refractivity contribution is -0.131. The van der Waals surface area contributed by atoms with Crippen LogP contribution in [0.15, 0.2) is 35.2 Å². The van der Waals surface area contributed by atoms with Crippen molar-refractivity contribution >= 4 is 17.7 Å². The maximum atomic E-state index is 12.9. The van der Waals surface area contributed by atoms with Gasteiger partial charge in [-0.3, -0.25) is 9.89 Å². The van der Waals surface area contributed by atoms with Gasteiger partial charge < -0.3 is 4.90 Å².